The first kappa shape index (κ1) is 13.4. The van der Waals surface area contributed by atoms with E-state index < -0.39 is 12.0 Å². The van der Waals surface area contributed by atoms with Crippen molar-refractivity contribution >= 4 is 5.97 Å². The van der Waals surface area contributed by atoms with Gasteiger partial charge in [-0.3, -0.25) is 4.79 Å². The maximum Gasteiger partial charge on any atom is 0.320 e. The van der Waals surface area contributed by atoms with E-state index in [0.29, 0.717) is 6.42 Å². The van der Waals surface area contributed by atoms with Crippen LogP contribution in [0.4, 0.5) is 0 Å². The molecule has 84 valence electrons. The molecule has 0 amide bonds. The Morgan fingerprint density at radius 3 is 2.36 bits per heavy atom. The van der Waals surface area contributed by atoms with Gasteiger partial charge in [0, 0.05) is 0 Å². The molecule has 0 fully saturated rings. The first-order valence-electron chi connectivity index (χ1n) is 5.56. The summed E-state index contributed by atoms with van der Waals surface area (Å²) in [6.07, 6.45) is 6.33. The van der Waals surface area contributed by atoms with Crippen molar-refractivity contribution in [3.8, 4) is 0 Å². The van der Waals surface area contributed by atoms with Crippen molar-refractivity contribution in [2.75, 3.05) is 0 Å². The van der Waals surface area contributed by atoms with Gasteiger partial charge in [-0.15, -0.1) is 0 Å². The first-order valence-corrected chi connectivity index (χ1v) is 5.56. The summed E-state index contributed by atoms with van der Waals surface area (Å²) >= 11 is 0. The van der Waals surface area contributed by atoms with E-state index in [9.17, 15) is 4.79 Å². The zero-order valence-corrected chi connectivity index (χ0v) is 9.33. The van der Waals surface area contributed by atoms with E-state index in [1.165, 1.54) is 19.3 Å². The van der Waals surface area contributed by atoms with Crippen LogP contribution in [-0.2, 0) is 4.79 Å². The van der Waals surface area contributed by atoms with E-state index in [2.05, 4.69) is 13.8 Å². The molecule has 0 bridgehead atoms. The van der Waals surface area contributed by atoms with Crippen LogP contribution < -0.4 is 5.73 Å². The lowest BCUT2D eigenvalue weighted by Gasteiger charge is -2.10. The number of unbranched alkanes of at least 4 members (excludes halogenated alkanes) is 1. The van der Waals surface area contributed by atoms with E-state index in [4.69, 9.17) is 10.8 Å². The molecule has 0 aliphatic carbocycles. The number of carboxylic acids is 1. The minimum Gasteiger partial charge on any atom is -0.480 e. The molecule has 0 saturated carbocycles. The predicted octanol–water partition coefficient (Wildman–Crippen LogP) is 2.39. The van der Waals surface area contributed by atoms with Gasteiger partial charge in [0.05, 0.1) is 0 Å². The molecule has 0 aliphatic heterocycles. The molecule has 3 heteroatoms. The topological polar surface area (TPSA) is 63.3 Å². The number of rotatable bonds is 8. The molecule has 2 unspecified atom stereocenters. The van der Waals surface area contributed by atoms with Crippen LogP contribution in [0.2, 0.25) is 0 Å². The maximum atomic E-state index is 10.4. The normalized spacial score (nSPS) is 15.1. The zero-order valence-electron chi connectivity index (χ0n) is 9.33. The number of carbonyl (C=O) groups is 1. The lowest BCUT2D eigenvalue weighted by atomic mass is 9.98. The number of nitrogens with two attached hydrogens (primary N) is 1. The van der Waals surface area contributed by atoms with Gasteiger partial charge < -0.3 is 10.8 Å². The predicted molar refractivity (Wildman–Crippen MR) is 58.2 cm³/mol. The molecule has 0 aliphatic rings. The lowest BCUT2D eigenvalue weighted by molar-refractivity contribution is -0.138. The molecule has 3 N–H and O–H groups in total. The average Bonchev–Trinajstić information content (AvgIpc) is 2.12. The average molecular weight is 201 g/mol. The largest absolute Gasteiger partial charge is 0.480 e. The lowest BCUT2D eigenvalue weighted by Crippen LogP contribution is -2.29. The monoisotopic (exact) mass is 201 g/mol. The minimum absolute atomic E-state index is 0.605. The SMILES string of the molecule is CCCC(C)CCCCC(N)C(=O)O. The molecule has 0 aromatic heterocycles. The van der Waals surface area contributed by atoms with Crippen LogP contribution in [-0.4, -0.2) is 17.1 Å². The highest BCUT2D eigenvalue weighted by atomic mass is 16.4. The number of hydrogen-bond acceptors (Lipinski definition) is 2. The molecule has 0 spiro atoms. The third-order valence-electron chi connectivity index (χ3n) is 2.56. The van der Waals surface area contributed by atoms with Crippen LogP contribution in [0.3, 0.4) is 0 Å². The quantitative estimate of drug-likeness (QED) is 0.593. The molecule has 0 aromatic carbocycles. The summed E-state index contributed by atoms with van der Waals surface area (Å²) in [5.74, 6) is -0.118. The Balaban J connectivity index is 3.33. The van der Waals surface area contributed by atoms with E-state index >= 15 is 0 Å². The van der Waals surface area contributed by atoms with Gasteiger partial charge in [-0.2, -0.15) is 0 Å². The van der Waals surface area contributed by atoms with Crippen molar-refractivity contribution in [1.29, 1.82) is 0 Å². The van der Waals surface area contributed by atoms with Gasteiger partial charge in [-0.05, 0) is 12.3 Å². The van der Waals surface area contributed by atoms with Crippen LogP contribution in [0.1, 0.15) is 52.4 Å². The second-order valence-electron chi connectivity index (χ2n) is 4.12. The molecule has 0 radical (unpaired) electrons. The van der Waals surface area contributed by atoms with Crippen molar-refractivity contribution < 1.29 is 9.90 Å². The van der Waals surface area contributed by atoms with Gasteiger partial charge in [0.15, 0.2) is 0 Å². The molecule has 0 heterocycles. The van der Waals surface area contributed by atoms with E-state index in [0.717, 1.165) is 18.8 Å². The second-order valence-corrected chi connectivity index (χ2v) is 4.12. The standard InChI is InChI=1S/C11H23NO2/c1-3-6-9(2)7-4-5-8-10(12)11(13)14/h9-10H,3-8,12H2,1-2H3,(H,13,14). The highest BCUT2D eigenvalue weighted by Crippen LogP contribution is 2.14. The number of carboxylic acid groups (broad SMARTS) is 1. The number of aliphatic carboxylic acids is 1. The van der Waals surface area contributed by atoms with Crippen molar-refractivity contribution in [2.24, 2.45) is 11.7 Å². The summed E-state index contributed by atoms with van der Waals surface area (Å²) < 4.78 is 0. The molecule has 3 nitrogen and oxygen atoms in total. The third kappa shape index (κ3) is 6.89. The Hall–Kier alpha value is -0.570. The van der Waals surface area contributed by atoms with Gasteiger partial charge in [0.1, 0.15) is 6.04 Å². The Bertz CT molecular complexity index is 159. The third-order valence-corrected chi connectivity index (χ3v) is 2.56. The summed E-state index contributed by atoms with van der Waals surface area (Å²) in [7, 11) is 0. The van der Waals surface area contributed by atoms with Crippen molar-refractivity contribution in [3.05, 3.63) is 0 Å². The molecule has 0 aromatic rings. The van der Waals surface area contributed by atoms with Crippen LogP contribution in [0.15, 0.2) is 0 Å². The Labute approximate surface area is 86.7 Å². The van der Waals surface area contributed by atoms with E-state index in [1.807, 2.05) is 0 Å². The minimum atomic E-state index is -0.883. The van der Waals surface area contributed by atoms with Crippen LogP contribution >= 0.6 is 0 Å². The molecular weight excluding hydrogens is 178 g/mol. The highest BCUT2D eigenvalue weighted by Gasteiger charge is 2.10. The molecule has 0 rings (SSSR count). The second kappa shape index (κ2) is 7.80. The highest BCUT2D eigenvalue weighted by molar-refractivity contribution is 5.72. The molecule has 0 saturated heterocycles. The van der Waals surface area contributed by atoms with Crippen LogP contribution in [0, 0.1) is 5.92 Å². The fourth-order valence-corrected chi connectivity index (χ4v) is 1.62. The van der Waals surface area contributed by atoms with E-state index in [1.54, 1.807) is 0 Å². The molecule has 2 atom stereocenters. The fraction of sp³-hybridized carbons (Fsp3) is 0.909. The van der Waals surface area contributed by atoms with E-state index in [-0.39, 0.29) is 0 Å². The summed E-state index contributed by atoms with van der Waals surface area (Å²) in [6.45, 7) is 4.44. The first-order chi connectivity index (χ1) is 6.57. The fourth-order valence-electron chi connectivity index (χ4n) is 1.62. The van der Waals surface area contributed by atoms with Gasteiger partial charge in [-0.25, -0.2) is 0 Å². The zero-order chi connectivity index (χ0) is 11.0. The molecular formula is C11H23NO2. The van der Waals surface area contributed by atoms with Crippen molar-refractivity contribution in [2.45, 2.75) is 58.4 Å². The van der Waals surface area contributed by atoms with Gasteiger partial charge >= 0.3 is 5.97 Å². The smallest absolute Gasteiger partial charge is 0.320 e. The van der Waals surface area contributed by atoms with Crippen molar-refractivity contribution in [1.82, 2.24) is 0 Å². The Morgan fingerprint density at radius 2 is 1.86 bits per heavy atom. The van der Waals surface area contributed by atoms with Gasteiger partial charge in [0.25, 0.3) is 0 Å². The van der Waals surface area contributed by atoms with Crippen LogP contribution in [0.5, 0.6) is 0 Å². The Kier molecular flexibility index (Phi) is 7.48. The van der Waals surface area contributed by atoms with Gasteiger partial charge in [-0.1, -0.05) is 46.0 Å². The van der Waals surface area contributed by atoms with Gasteiger partial charge in [0.2, 0.25) is 0 Å². The summed E-state index contributed by atoms with van der Waals surface area (Å²) in [4.78, 5) is 10.4. The summed E-state index contributed by atoms with van der Waals surface area (Å²) in [5, 5.41) is 8.55. The summed E-state index contributed by atoms with van der Waals surface area (Å²) in [5.41, 5.74) is 5.39. The maximum absolute atomic E-state index is 10.4. The van der Waals surface area contributed by atoms with Crippen molar-refractivity contribution in [3.63, 3.8) is 0 Å². The Morgan fingerprint density at radius 1 is 1.29 bits per heavy atom. The summed E-state index contributed by atoms with van der Waals surface area (Å²) in [6, 6.07) is -0.670. The molecule has 14 heavy (non-hydrogen) atoms. The number of hydrogen-bond donors (Lipinski definition) is 2. The van der Waals surface area contributed by atoms with Crippen LogP contribution in [0.25, 0.3) is 0 Å².